The summed E-state index contributed by atoms with van der Waals surface area (Å²) in [5.74, 6) is -0.572. The molecule has 27 heavy (non-hydrogen) atoms. The van der Waals surface area contributed by atoms with E-state index in [0.29, 0.717) is 36.2 Å². The minimum atomic E-state index is -0.409. The van der Waals surface area contributed by atoms with Crippen LogP contribution in [-0.2, 0) is 4.79 Å². The van der Waals surface area contributed by atoms with Crippen LogP contribution in [-0.4, -0.2) is 21.4 Å². The molecule has 0 atom stereocenters. The molecule has 1 N–H and O–H groups in total. The number of hydrogen-bond donors (Lipinski definition) is 1. The van der Waals surface area contributed by atoms with E-state index in [-0.39, 0.29) is 11.7 Å². The van der Waals surface area contributed by atoms with Crippen LogP contribution in [0.15, 0.2) is 51.9 Å². The molecule has 2 heterocycles. The molecule has 4 rings (SSSR count). The quantitative estimate of drug-likeness (QED) is 0.482. The molecule has 0 fully saturated rings. The molecule has 1 amide bonds. The zero-order valence-corrected chi connectivity index (χ0v) is 17.1. The summed E-state index contributed by atoms with van der Waals surface area (Å²) in [5, 5.41) is 12.0. The van der Waals surface area contributed by atoms with E-state index in [1.165, 1.54) is 11.5 Å². The van der Waals surface area contributed by atoms with Gasteiger partial charge in [0.25, 0.3) is 5.91 Å². The number of Topliss-reactive ketones (excluding diaryl/α,β-unsaturated/α-hetero) is 1. The largest absolute Gasteiger partial charge is 0.493 e. The predicted molar refractivity (Wildman–Crippen MR) is 109 cm³/mol. The molecule has 0 saturated heterocycles. The van der Waals surface area contributed by atoms with Crippen molar-refractivity contribution in [2.24, 2.45) is 4.99 Å². The van der Waals surface area contributed by atoms with Crippen molar-refractivity contribution in [3.8, 4) is 11.6 Å². The number of benzene rings is 2. The summed E-state index contributed by atoms with van der Waals surface area (Å²) in [6.45, 7) is 1.49. The van der Waals surface area contributed by atoms with Crippen LogP contribution in [0.3, 0.4) is 0 Å². The number of ketones is 1. The molecule has 0 aliphatic carbocycles. The fourth-order valence-electron chi connectivity index (χ4n) is 2.91. The van der Waals surface area contributed by atoms with Gasteiger partial charge < -0.3 is 5.11 Å². The number of aromatic hydroxyl groups is 1. The highest BCUT2D eigenvalue weighted by Crippen LogP contribution is 2.35. The highest BCUT2D eigenvalue weighted by atomic mass is 79.9. The Hall–Kier alpha value is -2.42. The van der Waals surface area contributed by atoms with Gasteiger partial charge in [-0.3, -0.25) is 14.2 Å². The number of hydrogen-bond acceptors (Lipinski definition) is 5. The fraction of sp³-hybridized carbons (Fsp3) is 0.0526. The van der Waals surface area contributed by atoms with Crippen LogP contribution in [0.2, 0.25) is 0 Å². The highest BCUT2D eigenvalue weighted by molar-refractivity contribution is 9.10. The van der Waals surface area contributed by atoms with E-state index >= 15 is 0 Å². The van der Waals surface area contributed by atoms with Gasteiger partial charge in [-0.25, -0.2) is 4.99 Å². The smallest absolute Gasteiger partial charge is 0.279 e. The molecule has 1 aromatic heterocycles. The molecule has 3 aromatic rings. The molecule has 8 heteroatoms. The fourth-order valence-corrected chi connectivity index (χ4v) is 4.65. The van der Waals surface area contributed by atoms with Crippen LogP contribution < -0.4 is 10.6 Å². The first-order valence-corrected chi connectivity index (χ1v) is 9.88. The van der Waals surface area contributed by atoms with Gasteiger partial charge >= 0.3 is 0 Å². The van der Waals surface area contributed by atoms with Crippen molar-refractivity contribution in [2.75, 3.05) is 0 Å². The monoisotopic (exact) mass is 458 g/mol. The van der Waals surface area contributed by atoms with Gasteiger partial charge in [0.15, 0.2) is 9.74 Å². The second-order valence-electron chi connectivity index (χ2n) is 5.91. The molecular weight excluding hydrogens is 448 g/mol. The first kappa shape index (κ1) is 18.0. The third kappa shape index (κ3) is 2.99. The van der Waals surface area contributed by atoms with Crippen LogP contribution >= 0.6 is 39.5 Å². The average molecular weight is 459 g/mol. The summed E-state index contributed by atoms with van der Waals surface area (Å²) in [7, 11) is 0. The van der Waals surface area contributed by atoms with E-state index in [1.807, 2.05) is 6.07 Å². The van der Waals surface area contributed by atoms with Crippen molar-refractivity contribution in [2.45, 2.75) is 6.92 Å². The second kappa shape index (κ2) is 6.63. The van der Waals surface area contributed by atoms with Gasteiger partial charge in [-0.2, -0.15) is 0 Å². The Morgan fingerprint density at radius 1 is 1.22 bits per heavy atom. The van der Waals surface area contributed by atoms with Gasteiger partial charge in [-0.05, 0) is 61.6 Å². The van der Waals surface area contributed by atoms with Crippen molar-refractivity contribution in [3.63, 3.8) is 0 Å². The minimum Gasteiger partial charge on any atom is -0.493 e. The van der Waals surface area contributed by atoms with Gasteiger partial charge in [0.05, 0.1) is 16.6 Å². The van der Waals surface area contributed by atoms with Crippen molar-refractivity contribution < 1.29 is 14.7 Å². The van der Waals surface area contributed by atoms with Crippen LogP contribution in [0.5, 0.6) is 5.88 Å². The first-order valence-electron chi connectivity index (χ1n) is 7.86. The normalized spacial score (nSPS) is 12.8. The summed E-state index contributed by atoms with van der Waals surface area (Å²) in [4.78, 5) is 28.4. The molecule has 2 aromatic carbocycles. The Labute approximate surface area is 171 Å². The van der Waals surface area contributed by atoms with Gasteiger partial charge in [0, 0.05) is 15.3 Å². The number of rotatable bonds is 3. The number of carbonyl (C=O) groups is 2. The Morgan fingerprint density at radius 3 is 2.59 bits per heavy atom. The summed E-state index contributed by atoms with van der Waals surface area (Å²) < 4.78 is 2.68. The van der Waals surface area contributed by atoms with E-state index in [0.717, 1.165) is 15.8 Å². The maximum absolute atomic E-state index is 12.5. The predicted octanol–water partition coefficient (Wildman–Crippen LogP) is 3.30. The Bertz CT molecular complexity index is 1300. The van der Waals surface area contributed by atoms with Gasteiger partial charge in [0.1, 0.15) is 4.88 Å². The number of thiazole rings is 1. The first-order chi connectivity index (χ1) is 12.9. The van der Waals surface area contributed by atoms with E-state index in [2.05, 4.69) is 20.9 Å². The summed E-state index contributed by atoms with van der Waals surface area (Å²) in [6.07, 6.45) is 0. The van der Waals surface area contributed by atoms with E-state index < -0.39 is 5.91 Å². The lowest BCUT2D eigenvalue weighted by atomic mass is 10.1. The molecule has 0 spiro atoms. The molecule has 0 unspecified atom stereocenters. The summed E-state index contributed by atoms with van der Waals surface area (Å²) in [6, 6.07) is 12.1. The van der Waals surface area contributed by atoms with Crippen LogP contribution in [0.4, 0.5) is 0 Å². The lowest BCUT2D eigenvalue weighted by Gasteiger charge is -2.06. The van der Waals surface area contributed by atoms with E-state index in [9.17, 15) is 14.7 Å². The molecule has 0 bridgehead atoms. The lowest BCUT2D eigenvalue weighted by molar-refractivity contribution is -0.112. The maximum atomic E-state index is 12.5. The molecular formula is C19H11BrN2O3S2. The number of nitrogens with zero attached hydrogens (tertiary/aromatic N) is 2. The Balaban J connectivity index is 1.93. The highest BCUT2D eigenvalue weighted by Gasteiger charge is 2.25. The number of carbonyl (C=O) groups excluding carboxylic acids is 2. The third-order valence-electron chi connectivity index (χ3n) is 4.21. The van der Waals surface area contributed by atoms with Gasteiger partial charge in [0.2, 0.25) is 5.88 Å². The van der Waals surface area contributed by atoms with Crippen LogP contribution in [0.25, 0.3) is 11.3 Å². The van der Waals surface area contributed by atoms with Crippen molar-refractivity contribution >= 4 is 56.7 Å². The number of fused-ring (bicyclic) bond motifs is 1. The van der Waals surface area contributed by atoms with Crippen molar-refractivity contribution in [1.29, 1.82) is 0 Å². The Kier molecular flexibility index (Phi) is 4.41. The molecule has 0 radical (unpaired) electrons. The summed E-state index contributed by atoms with van der Waals surface area (Å²) in [5.41, 5.74) is 1.51. The number of aromatic nitrogens is 1. The second-order valence-corrected chi connectivity index (χ2v) is 8.47. The standard InChI is InChI=1S/C19H11BrN2O3S2/c1-9(23)10-2-5-12(6-3-10)22-18(25)16(27-19(22)26)15-13-8-11(20)4-7-14(13)21-17(15)24/h2-8,25H,1H3. The van der Waals surface area contributed by atoms with Crippen LogP contribution in [0.1, 0.15) is 22.2 Å². The summed E-state index contributed by atoms with van der Waals surface area (Å²) >= 11 is 9.96. The number of halogens is 1. The maximum Gasteiger partial charge on any atom is 0.279 e. The topological polar surface area (TPSA) is 71.7 Å². The minimum absolute atomic E-state index is 0.0451. The SMILES string of the molecule is CC(=O)c1ccc(-n2c(O)c(C3=c4cc(Br)ccc4=NC3=O)sc2=S)cc1. The third-order valence-corrected chi connectivity index (χ3v) is 6.08. The van der Waals surface area contributed by atoms with Crippen molar-refractivity contribution in [1.82, 2.24) is 4.57 Å². The number of amides is 1. The molecule has 0 saturated carbocycles. The molecule has 1 aliphatic rings. The molecule has 134 valence electrons. The lowest BCUT2D eigenvalue weighted by Crippen LogP contribution is -2.22. The molecule has 5 nitrogen and oxygen atoms in total. The molecule has 1 aliphatic heterocycles. The zero-order chi connectivity index (χ0) is 19.3. The van der Waals surface area contributed by atoms with Gasteiger partial charge in [-0.1, -0.05) is 15.9 Å². The Morgan fingerprint density at radius 2 is 1.93 bits per heavy atom. The average Bonchev–Trinajstić information content (AvgIpc) is 3.09. The van der Waals surface area contributed by atoms with E-state index in [4.69, 9.17) is 12.2 Å². The van der Waals surface area contributed by atoms with Gasteiger partial charge in [-0.15, -0.1) is 11.3 Å². The van der Waals surface area contributed by atoms with E-state index in [1.54, 1.807) is 36.4 Å². The van der Waals surface area contributed by atoms with Crippen LogP contribution in [0, 0.1) is 3.95 Å². The zero-order valence-electron chi connectivity index (χ0n) is 13.9. The van der Waals surface area contributed by atoms with Crippen molar-refractivity contribution in [3.05, 3.63) is 71.9 Å².